The van der Waals surface area contributed by atoms with Gasteiger partial charge in [-0.05, 0) is 31.4 Å². The molecule has 4 heteroatoms. The molecule has 0 saturated carbocycles. The maximum Gasteiger partial charge on any atom is 0.192 e. The van der Waals surface area contributed by atoms with Gasteiger partial charge in [0.05, 0.1) is 6.54 Å². The van der Waals surface area contributed by atoms with Crippen molar-refractivity contribution in [3.8, 4) is 12.3 Å². The maximum absolute atomic E-state index is 5.27. The minimum Gasteiger partial charge on any atom is -0.371 e. The molecule has 1 aliphatic rings. The van der Waals surface area contributed by atoms with Gasteiger partial charge in [-0.25, -0.2) is 0 Å². The Kier molecular flexibility index (Phi) is 5.96. The van der Waals surface area contributed by atoms with E-state index in [4.69, 9.17) is 6.42 Å². The Hall–Kier alpha value is -2.15. The number of hydrogen-bond acceptors (Lipinski definition) is 2. The lowest BCUT2D eigenvalue weighted by atomic mass is 10.1. The van der Waals surface area contributed by atoms with Crippen molar-refractivity contribution >= 4 is 11.6 Å². The van der Waals surface area contributed by atoms with Crippen LogP contribution in [0.1, 0.15) is 13.3 Å². The van der Waals surface area contributed by atoms with E-state index in [0.717, 1.165) is 32.1 Å². The highest BCUT2D eigenvalue weighted by Gasteiger charge is 2.22. The molecule has 112 valence electrons. The normalized spacial score (nSPS) is 18.4. The number of nitrogens with zero attached hydrogens (tertiary/aromatic N) is 2. The number of benzene rings is 1. The molecular formula is C17H24N4. The summed E-state index contributed by atoms with van der Waals surface area (Å²) in [6.45, 7) is 6.42. The van der Waals surface area contributed by atoms with Gasteiger partial charge in [-0.15, -0.1) is 6.42 Å². The van der Waals surface area contributed by atoms with Gasteiger partial charge in [0, 0.05) is 31.9 Å². The molecule has 1 unspecified atom stereocenters. The van der Waals surface area contributed by atoms with Gasteiger partial charge in [0.1, 0.15) is 0 Å². The van der Waals surface area contributed by atoms with E-state index in [-0.39, 0.29) is 0 Å². The highest BCUT2D eigenvalue weighted by molar-refractivity contribution is 5.79. The molecule has 0 bridgehead atoms. The Morgan fingerprint density at radius 2 is 2.19 bits per heavy atom. The van der Waals surface area contributed by atoms with E-state index in [1.165, 1.54) is 12.1 Å². The lowest BCUT2D eigenvalue weighted by Gasteiger charge is -2.18. The quantitative estimate of drug-likeness (QED) is 0.491. The van der Waals surface area contributed by atoms with Crippen LogP contribution in [0.3, 0.4) is 0 Å². The summed E-state index contributed by atoms with van der Waals surface area (Å²) in [7, 11) is 0. The Morgan fingerprint density at radius 1 is 1.38 bits per heavy atom. The predicted molar refractivity (Wildman–Crippen MR) is 89.6 cm³/mol. The monoisotopic (exact) mass is 284 g/mol. The van der Waals surface area contributed by atoms with Gasteiger partial charge in [-0.1, -0.05) is 24.1 Å². The van der Waals surface area contributed by atoms with E-state index in [9.17, 15) is 0 Å². The standard InChI is InChI=1S/C17H24N4/c1-3-11-19-17(18-4-2)20-13-15-10-12-21(14-15)16-8-6-5-7-9-16/h1,5-9,15H,4,10-14H2,2H3,(H2,18,19,20). The van der Waals surface area contributed by atoms with Crippen LogP contribution in [0.25, 0.3) is 0 Å². The molecule has 1 fully saturated rings. The number of guanidine groups is 1. The smallest absolute Gasteiger partial charge is 0.192 e. The Morgan fingerprint density at radius 3 is 2.90 bits per heavy atom. The van der Waals surface area contributed by atoms with E-state index in [1.54, 1.807) is 0 Å². The molecule has 1 aromatic rings. The zero-order valence-corrected chi connectivity index (χ0v) is 12.7. The maximum atomic E-state index is 5.27. The van der Waals surface area contributed by atoms with Crippen LogP contribution in [-0.4, -0.2) is 38.7 Å². The fourth-order valence-corrected chi connectivity index (χ4v) is 2.55. The van der Waals surface area contributed by atoms with Crippen LogP contribution in [-0.2, 0) is 0 Å². The third-order valence-electron chi connectivity index (χ3n) is 3.62. The summed E-state index contributed by atoms with van der Waals surface area (Å²) in [5.41, 5.74) is 1.31. The van der Waals surface area contributed by atoms with Crippen LogP contribution >= 0.6 is 0 Å². The van der Waals surface area contributed by atoms with Gasteiger partial charge in [0.2, 0.25) is 0 Å². The van der Waals surface area contributed by atoms with Gasteiger partial charge >= 0.3 is 0 Å². The highest BCUT2D eigenvalue weighted by atomic mass is 15.2. The lowest BCUT2D eigenvalue weighted by molar-refractivity contribution is 0.600. The van der Waals surface area contributed by atoms with Crippen LogP contribution in [0.4, 0.5) is 5.69 Å². The largest absolute Gasteiger partial charge is 0.371 e. The van der Waals surface area contributed by atoms with E-state index in [2.05, 4.69) is 63.7 Å². The molecule has 1 saturated heterocycles. The number of nitrogens with one attached hydrogen (secondary N) is 2. The number of terminal acetylenes is 1. The molecule has 1 aliphatic heterocycles. The van der Waals surface area contributed by atoms with Crippen molar-refractivity contribution < 1.29 is 0 Å². The summed E-state index contributed by atoms with van der Waals surface area (Å²) in [6, 6.07) is 10.6. The molecular weight excluding hydrogens is 260 g/mol. The average molecular weight is 284 g/mol. The van der Waals surface area contributed by atoms with Crippen molar-refractivity contribution in [1.29, 1.82) is 0 Å². The predicted octanol–water partition coefficient (Wildman–Crippen LogP) is 1.70. The number of aliphatic imine (C=N–C) groups is 1. The molecule has 1 heterocycles. The number of anilines is 1. The second-order valence-electron chi connectivity index (χ2n) is 5.21. The van der Waals surface area contributed by atoms with Gasteiger partial charge in [0.25, 0.3) is 0 Å². The van der Waals surface area contributed by atoms with Crippen molar-refractivity contribution in [3.63, 3.8) is 0 Å². The first-order valence-electron chi connectivity index (χ1n) is 7.59. The van der Waals surface area contributed by atoms with Crippen molar-refractivity contribution in [2.24, 2.45) is 10.9 Å². The second kappa shape index (κ2) is 8.21. The summed E-state index contributed by atoms with van der Waals surface area (Å²) in [6.07, 6.45) is 6.46. The summed E-state index contributed by atoms with van der Waals surface area (Å²) in [4.78, 5) is 7.07. The fourth-order valence-electron chi connectivity index (χ4n) is 2.55. The first-order valence-corrected chi connectivity index (χ1v) is 7.59. The molecule has 2 N–H and O–H groups in total. The summed E-state index contributed by atoms with van der Waals surface area (Å²) in [5.74, 6) is 3.99. The summed E-state index contributed by atoms with van der Waals surface area (Å²) < 4.78 is 0. The zero-order valence-electron chi connectivity index (χ0n) is 12.7. The Labute approximate surface area is 127 Å². The van der Waals surface area contributed by atoms with Crippen molar-refractivity contribution in [2.75, 3.05) is 37.6 Å². The molecule has 0 aromatic heterocycles. The number of hydrogen-bond donors (Lipinski definition) is 2. The second-order valence-corrected chi connectivity index (χ2v) is 5.21. The van der Waals surface area contributed by atoms with Crippen LogP contribution < -0.4 is 15.5 Å². The molecule has 0 amide bonds. The molecule has 4 nitrogen and oxygen atoms in total. The molecule has 21 heavy (non-hydrogen) atoms. The Bertz CT molecular complexity index is 489. The SMILES string of the molecule is C#CCNC(=NCC1CCN(c2ccccc2)C1)NCC. The van der Waals surface area contributed by atoms with Gasteiger partial charge in [0.15, 0.2) is 5.96 Å². The molecule has 1 atom stereocenters. The van der Waals surface area contributed by atoms with Gasteiger partial charge in [-0.2, -0.15) is 0 Å². The first-order chi connectivity index (χ1) is 10.3. The van der Waals surface area contributed by atoms with E-state index < -0.39 is 0 Å². The van der Waals surface area contributed by atoms with Crippen molar-refractivity contribution in [1.82, 2.24) is 10.6 Å². The molecule has 1 aromatic carbocycles. The van der Waals surface area contributed by atoms with Gasteiger partial charge in [-0.3, -0.25) is 4.99 Å². The van der Waals surface area contributed by atoms with Crippen molar-refractivity contribution in [3.05, 3.63) is 30.3 Å². The van der Waals surface area contributed by atoms with E-state index in [1.807, 2.05) is 0 Å². The first kappa shape index (κ1) is 15.2. The Balaban J connectivity index is 1.85. The third kappa shape index (κ3) is 4.71. The highest BCUT2D eigenvalue weighted by Crippen LogP contribution is 2.23. The van der Waals surface area contributed by atoms with Crippen molar-refractivity contribution in [2.45, 2.75) is 13.3 Å². The zero-order chi connectivity index (χ0) is 14.9. The van der Waals surface area contributed by atoms with E-state index in [0.29, 0.717) is 12.5 Å². The fraction of sp³-hybridized carbons (Fsp3) is 0.471. The summed E-state index contributed by atoms with van der Waals surface area (Å²) >= 11 is 0. The molecule has 0 aliphatic carbocycles. The van der Waals surface area contributed by atoms with E-state index >= 15 is 0 Å². The third-order valence-corrected chi connectivity index (χ3v) is 3.62. The number of para-hydroxylation sites is 1. The van der Waals surface area contributed by atoms with Crippen LogP contribution in [0, 0.1) is 18.3 Å². The van der Waals surface area contributed by atoms with Crippen LogP contribution in [0.5, 0.6) is 0 Å². The van der Waals surface area contributed by atoms with Gasteiger partial charge < -0.3 is 15.5 Å². The molecule has 0 radical (unpaired) electrons. The lowest BCUT2D eigenvalue weighted by Crippen LogP contribution is -2.37. The summed E-state index contributed by atoms with van der Waals surface area (Å²) in [5, 5.41) is 6.34. The topological polar surface area (TPSA) is 39.7 Å². The average Bonchev–Trinajstić information content (AvgIpc) is 3.00. The molecule has 2 rings (SSSR count). The van der Waals surface area contributed by atoms with Crippen LogP contribution in [0.15, 0.2) is 35.3 Å². The van der Waals surface area contributed by atoms with Crippen LogP contribution in [0.2, 0.25) is 0 Å². The molecule has 0 spiro atoms. The minimum absolute atomic E-state index is 0.507. The number of rotatable bonds is 5. The minimum atomic E-state index is 0.507.